The van der Waals surface area contributed by atoms with Crippen LogP contribution >= 0.6 is 0 Å². The third kappa shape index (κ3) is 2.90. The first kappa shape index (κ1) is 15.4. The molecule has 21 heavy (non-hydrogen) atoms. The molecule has 1 aromatic carbocycles. The van der Waals surface area contributed by atoms with Crippen molar-refractivity contribution in [2.75, 3.05) is 13.7 Å². The summed E-state index contributed by atoms with van der Waals surface area (Å²) in [4.78, 5) is 11.6. The average Bonchev–Trinajstić information content (AvgIpc) is 2.89. The van der Waals surface area contributed by atoms with Crippen molar-refractivity contribution in [1.82, 2.24) is 4.31 Å². The van der Waals surface area contributed by atoms with Crippen LogP contribution in [0.5, 0.6) is 0 Å². The summed E-state index contributed by atoms with van der Waals surface area (Å²) in [6, 6.07) is 6.31. The highest BCUT2D eigenvalue weighted by Crippen LogP contribution is 2.27. The summed E-state index contributed by atoms with van der Waals surface area (Å²) < 4.78 is 30.6. The Balaban J connectivity index is 2.42. The Bertz CT molecular complexity index is 695. The summed E-state index contributed by atoms with van der Waals surface area (Å²) in [6.45, 7) is -0.182. The number of benzene rings is 1. The molecule has 112 valence electrons. The highest BCUT2D eigenvalue weighted by molar-refractivity contribution is 7.89. The first-order valence-corrected chi connectivity index (χ1v) is 7.62. The zero-order valence-corrected chi connectivity index (χ0v) is 12.1. The number of esters is 1. The minimum atomic E-state index is -3.99. The number of rotatable bonds is 3. The molecule has 1 heterocycles. The molecule has 1 aliphatic heterocycles. The normalized spacial score (nSPS) is 22.7. The van der Waals surface area contributed by atoms with Crippen molar-refractivity contribution in [2.45, 2.75) is 23.5 Å². The lowest BCUT2D eigenvalue weighted by atomic mass is 10.2. The number of nitriles is 1. The van der Waals surface area contributed by atoms with Crippen molar-refractivity contribution in [3.8, 4) is 6.07 Å². The number of hydrogen-bond donors (Lipinski definition) is 1. The van der Waals surface area contributed by atoms with Gasteiger partial charge in [-0.05, 0) is 18.2 Å². The highest BCUT2D eigenvalue weighted by atomic mass is 32.2. The molecule has 1 fully saturated rings. The lowest BCUT2D eigenvalue weighted by molar-refractivity contribution is -0.144. The first-order valence-electron chi connectivity index (χ1n) is 6.18. The molecule has 0 spiro atoms. The Morgan fingerprint density at radius 2 is 2.24 bits per heavy atom. The van der Waals surface area contributed by atoms with Gasteiger partial charge in [0.25, 0.3) is 0 Å². The number of carbonyl (C=O) groups excluding carboxylic acids is 1. The van der Waals surface area contributed by atoms with Crippen LogP contribution in [0.3, 0.4) is 0 Å². The van der Waals surface area contributed by atoms with Crippen LogP contribution in [-0.2, 0) is 19.6 Å². The maximum atomic E-state index is 12.6. The van der Waals surface area contributed by atoms with Crippen LogP contribution in [-0.4, -0.2) is 49.6 Å². The molecule has 0 radical (unpaired) electrons. The van der Waals surface area contributed by atoms with Crippen molar-refractivity contribution in [3.05, 3.63) is 29.8 Å². The molecule has 1 aliphatic rings. The number of nitrogens with zero attached hydrogens (tertiary/aromatic N) is 2. The molecular weight excluding hydrogens is 296 g/mol. The summed E-state index contributed by atoms with van der Waals surface area (Å²) in [5.74, 6) is -0.716. The Hall–Kier alpha value is -1.95. The highest BCUT2D eigenvalue weighted by Gasteiger charge is 2.44. The third-order valence-electron chi connectivity index (χ3n) is 3.28. The Morgan fingerprint density at radius 1 is 1.52 bits per heavy atom. The van der Waals surface area contributed by atoms with Crippen LogP contribution in [0.2, 0.25) is 0 Å². The van der Waals surface area contributed by atoms with Crippen molar-refractivity contribution in [2.24, 2.45) is 0 Å². The fourth-order valence-electron chi connectivity index (χ4n) is 2.26. The minimum Gasteiger partial charge on any atom is -0.468 e. The Morgan fingerprint density at radius 3 is 2.86 bits per heavy atom. The summed E-state index contributed by atoms with van der Waals surface area (Å²) in [6.07, 6.45) is -0.938. The zero-order valence-electron chi connectivity index (χ0n) is 11.3. The van der Waals surface area contributed by atoms with Crippen molar-refractivity contribution < 1.29 is 23.1 Å². The average molecular weight is 310 g/mol. The van der Waals surface area contributed by atoms with Gasteiger partial charge >= 0.3 is 5.97 Å². The Kier molecular flexibility index (Phi) is 4.27. The summed E-state index contributed by atoms with van der Waals surface area (Å²) in [7, 11) is -2.83. The molecule has 2 atom stereocenters. The monoisotopic (exact) mass is 310 g/mol. The van der Waals surface area contributed by atoms with E-state index >= 15 is 0 Å². The van der Waals surface area contributed by atoms with E-state index in [1.165, 1.54) is 24.3 Å². The second kappa shape index (κ2) is 5.81. The number of aliphatic hydroxyl groups is 1. The topological polar surface area (TPSA) is 108 Å². The van der Waals surface area contributed by atoms with E-state index in [0.717, 1.165) is 11.4 Å². The smallest absolute Gasteiger partial charge is 0.324 e. The number of methoxy groups -OCH3 is 1. The number of carbonyl (C=O) groups is 1. The molecule has 0 bridgehead atoms. The number of aliphatic hydroxyl groups excluding tert-OH is 1. The maximum absolute atomic E-state index is 12.6. The van der Waals surface area contributed by atoms with E-state index in [2.05, 4.69) is 4.74 Å². The molecule has 0 aliphatic carbocycles. The summed E-state index contributed by atoms with van der Waals surface area (Å²) in [5.41, 5.74) is 0.199. The van der Waals surface area contributed by atoms with Crippen LogP contribution < -0.4 is 0 Å². The van der Waals surface area contributed by atoms with E-state index in [0.29, 0.717) is 0 Å². The van der Waals surface area contributed by atoms with E-state index in [1.54, 1.807) is 0 Å². The van der Waals surface area contributed by atoms with Gasteiger partial charge in [0, 0.05) is 13.0 Å². The van der Waals surface area contributed by atoms with Gasteiger partial charge in [0.2, 0.25) is 10.0 Å². The SMILES string of the molecule is COC(=O)[C@@H]1C[C@H](O)CN1S(=O)(=O)c1cccc(C#N)c1. The van der Waals surface area contributed by atoms with E-state index in [9.17, 15) is 18.3 Å². The van der Waals surface area contributed by atoms with Gasteiger partial charge in [-0.3, -0.25) is 4.79 Å². The predicted molar refractivity (Wildman–Crippen MR) is 71.5 cm³/mol. The second-order valence-corrected chi connectivity index (χ2v) is 6.53. The van der Waals surface area contributed by atoms with Gasteiger partial charge < -0.3 is 9.84 Å². The third-order valence-corrected chi connectivity index (χ3v) is 5.15. The fraction of sp³-hybridized carbons (Fsp3) is 0.385. The predicted octanol–water partition coefficient (Wildman–Crippen LogP) is -0.145. The van der Waals surface area contributed by atoms with Crippen LogP contribution in [0, 0.1) is 11.3 Å². The molecule has 1 saturated heterocycles. The Labute approximate surface area is 122 Å². The van der Waals surface area contributed by atoms with Gasteiger partial charge in [0.15, 0.2) is 0 Å². The van der Waals surface area contributed by atoms with Crippen LogP contribution in [0.25, 0.3) is 0 Å². The molecule has 1 N–H and O–H groups in total. The standard InChI is InChI=1S/C13H14N2O5S/c1-20-13(17)12-6-10(16)8-15(12)21(18,19)11-4-2-3-9(5-11)7-14/h2-5,10,12,16H,6,8H2,1H3/t10-,12-/m0/s1. The van der Waals surface area contributed by atoms with Gasteiger partial charge in [0.1, 0.15) is 6.04 Å². The van der Waals surface area contributed by atoms with Gasteiger partial charge in [-0.25, -0.2) is 8.42 Å². The molecule has 1 aromatic rings. The van der Waals surface area contributed by atoms with E-state index < -0.39 is 28.1 Å². The molecular formula is C13H14N2O5S. The molecule has 0 unspecified atom stereocenters. The quantitative estimate of drug-likeness (QED) is 0.778. The van der Waals surface area contributed by atoms with E-state index in [4.69, 9.17) is 5.26 Å². The van der Waals surface area contributed by atoms with Crippen molar-refractivity contribution in [3.63, 3.8) is 0 Å². The largest absolute Gasteiger partial charge is 0.468 e. The minimum absolute atomic E-state index is 0.0101. The lowest BCUT2D eigenvalue weighted by Crippen LogP contribution is -2.41. The molecule has 0 aromatic heterocycles. The van der Waals surface area contributed by atoms with Gasteiger partial charge in [-0.1, -0.05) is 6.07 Å². The van der Waals surface area contributed by atoms with Crippen LogP contribution in [0.4, 0.5) is 0 Å². The summed E-state index contributed by atoms with van der Waals surface area (Å²) >= 11 is 0. The summed E-state index contributed by atoms with van der Waals surface area (Å²) in [5, 5.41) is 18.5. The number of sulfonamides is 1. The van der Waals surface area contributed by atoms with E-state index in [1.807, 2.05) is 6.07 Å². The van der Waals surface area contributed by atoms with Crippen molar-refractivity contribution >= 4 is 16.0 Å². The fourth-order valence-corrected chi connectivity index (χ4v) is 3.93. The van der Waals surface area contributed by atoms with Gasteiger partial charge in [-0.2, -0.15) is 9.57 Å². The maximum Gasteiger partial charge on any atom is 0.324 e. The van der Waals surface area contributed by atoms with Gasteiger partial charge in [-0.15, -0.1) is 0 Å². The van der Waals surface area contributed by atoms with E-state index in [-0.39, 0.29) is 23.4 Å². The van der Waals surface area contributed by atoms with Crippen molar-refractivity contribution in [1.29, 1.82) is 5.26 Å². The molecule has 0 saturated carbocycles. The zero-order chi connectivity index (χ0) is 15.6. The molecule has 7 nitrogen and oxygen atoms in total. The number of ether oxygens (including phenoxy) is 1. The molecule has 0 amide bonds. The number of hydrogen-bond acceptors (Lipinski definition) is 6. The lowest BCUT2D eigenvalue weighted by Gasteiger charge is -2.21. The number of β-amino-alcohol motifs (C(OH)–C–C–N with tert-alkyl or cyclic N) is 1. The van der Waals surface area contributed by atoms with Crippen LogP contribution in [0.15, 0.2) is 29.2 Å². The molecule has 8 heteroatoms. The second-order valence-electron chi connectivity index (χ2n) is 4.64. The van der Waals surface area contributed by atoms with Crippen LogP contribution in [0.1, 0.15) is 12.0 Å². The van der Waals surface area contributed by atoms with Gasteiger partial charge in [0.05, 0.1) is 29.7 Å². The molecule has 2 rings (SSSR count). The first-order chi connectivity index (χ1) is 9.90.